The molecule has 18 heavy (non-hydrogen) atoms. The molecule has 2 saturated heterocycles. The van der Waals surface area contributed by atoms with Crippen LogP contribution in [0.1, 0.15) is 26.2 Å². The second-order valence-electron chi connectivity index (χ2n) is 6.19. The maximum Gasteiger partial charge on any atom is 0.0547 e. The zero-order chi connectivity index (χ0) is 13.0. The molecule has 2 fully saturated rings. The van der Waals surface area contributed by atoms with Gasteiger partial charge in [-0.3, -0.25) is 0 Å². The third kappa shape index (κ3) is 3.44. The van der Waals surface area contributed by atoms with Crippen molar-refractivity contribution >= 4 is 0 Å². The van der Waals surface area contributed by atoms with Crippen molar-refractivity contribution in [2.45, 2.75) is 32.3 Å². The van der Waals surface area contributed by atoms with E-state index in [0.29, 0.717) is 11.3 Å². The number of aliphatic hydroxyl groups excluding tert-OH is 1. The van der Waals surface area contributed by atoms with Crippen molar-refractivity contribution in [2.75, 3.05) is 46.4 Å². The molecule has 2 aliphatic rings. The van der Waals surface area contributed by atoms with E-state index in [1.54, 1.807) is 0 Å². The first-order valence-electron chi connectivity index (χ1n) is 7.28. The number of piperidine rings is 1. The third-order valence-electron chi connectivity index (χ3n) is 4.61. The number of aliphatic hydroxyl groups is 1. The van der Waals surface area contributed by atoms with Crippen LogP contribution in [0.25, 0.3) is 0 Å². The van der Waals surface area contributed by atoms with Crippen LogP contribution in [0.5, 0.6) is 0 Å². The highest BCUT2D eigenvalue weighted by molar-refractivity contribution is 4.89. The van der Waals surface area contributed by atoms with Crippen molar-refractivity contribution in [3.63, 3.8) is 0 Å². The maximum atomic E-state index is 9.63. The van der Waals surface area contributed by atoms with E-state index < -0.39 is 0 Å². The summed E-state index contributed by atoms with van der Waals surface area (Å²) < 4.78 is 5.61. The molecule has 4 nitrogen and oxygen atoms in total. The van der Waals surface area contributed by atoms with E-state index in [2.05, 4.69) is 10.2 Å². The van der Waals surface area contributed by atoms with Crippen molar-refractivity contribution in [3.8, 4) is 0 Å². The van der Waals surface area contributed by atoms with Gasteiger partial charge in [0.25, 0.3) is 0 Å². The molecule has 2 N–H and O–H groups in total. The Morgan fingerprint density at radius 2 is 2.17 bits per heavy atom. The summed E-state index contributed by atoms with van der Waals surface area (Å²) in [5.41, 5.74) is 0.312. The Balaban J connectivity index is 1.82. The van der Waals surface area contributed by atoms with Crippen LogP contribution < -0.4 is 5.32 Å². The highest BCUT2D eigenvalue weighted by atomic mass is 16.5. The minimum atomic E-state index is -0.145. The molecule has 106 valence electrons. The summed E-state index contributed by atoms with van der Waals surface area (Å²) in [6, 6.07) is 0. The van der Waals surface area contributed by atoms with Crippen molar-refractivity contribution in [3.05, 3.63) is 0 Å². The first-order valence-corrected chi connectivity index (χ1v) is 7.28. The topological polar surface area (TPSA) is 44.7 Å². The van der Waals surface area contributed by atoms with Gasteiger partial charge in [-0.2, -0.15) is 0 Å². The van der Waals surface area contributed by atoms with E-state index in [1.807, 2.05) is 14.0 Å². The zero-order valence-electron chi connectivity index (χ0n) is 11.8. The van der Waals surface area contributed by atoms with Gasteiger partial charge in [-0.25, -0.2) is 0 Å². The molecule has 2 aliphatic heterocycles. The fraction of sp³-hybridized carbons (Fsp3) is 1.00. The van der Waals surface area contributed by atoms with Crippen LogP contribution in [0.4, 0.5) is 0 Å². The lowest BCUT2D eigenvalue weighted by Gasteiger charge is -2.39. The molecule has 0 aromatic rings. The van der Waals surface area contributed by atoms with Crippen LogP contribution in [0.2, 0.25) is 0 Å². The molecule has 2 rings (SSSR count). The van der Waals surface area contributed by atoms with Crippen molar-refractivity contribution < 1.29 is 9.84 Å². The summed E-state index contributed by atoms with van der Waals surface area (Å²) in [7, 11) is 2.03. The molecular formula is C14H28N2O2. The average Bonchev–Trinajstić information content (AvgIpc) is 2.79. The van der Waals surface area contributed by atoms with Gasteiger partial charge in [-0.15, -0.1) is 0 Å². The van der Waals surface area contributed by atoms with E-state index in [4.69, 9.17) is 4.74 Å². The second kappa shape index (κ2) is 6.33. The van der Waals surface area contributed by atoms with E-state index in [0.717, 1.165) is 52.2 Å². The van der Waals surface area contributed by atoms with E-state index >= 15 is 0 Å². The standard InChI is InChI=1S/C14H28N2O2/c1-12(17)13-3-6-16(7-4-13)10-14(9-15-2)5-8-18-11-14/h12-13,15,17H,3-11H2,1-2H3. The molecule has 0 saturated carbocycles. The Morgan fingerprint density at radius 1 is 1.44 bits per heavy atom. The predicted octanol–water partition coefficient (Wildman–Crippen LogP) is 0.705. The largest absolute Gasteiger partial charge is 0.393 e. The molecule has 2 atom stereocenters. The lowest BCUT2D eigenvalue weighted by atomic mass is 9.84. The monoisotopic (exact) mass is 256 g/mol. The fourth-order valence-electron chi connectivity index (χ4n) is 3.41. The first kappa shape index (κ1) is 14.3. The van der Waals surface area contributed by atoms with Gasteiger partial charge in [0.15, 0.2) is 0 Å². The Labute approximate surface area is 111 Å². The Hall–Kier alpha value is -0.160. The summed E-state index contributed by atoms with van der Waals surface area (Å²) >= 11 is 0. The number of hydrogen-bond donors (Lipinski definition) is 2. The van der Waals surface area contributed by atoms with Gasteiger partial charge in [0.2, 0.25) is 0 Å². The van der Waals surface area contributed by atoms with Gasteiger partial charge >= 0.3 is 0 Å². The molecule has 0 bridgehead atoms. The molecule has 0 amide bonds. The summed E-state index contributed by atoms with van der Waals surface area (Å²) in [5, 5.41) is 13.0. The number of ether oxygens (including phenoxy) is 1. The maximum absolute atomic E-state index is 9.63. The minimum absolute atomic E-state index is 0.145. The van der Waals surface area contributed by atoms with Crippen LogP contribution in [0.3, 0.4) is 0 Å². The second-order valence-corrected chi connectivity index (χ2v) is 6.19. The number of hydrogen-bond acceptors (Lipinski definition) is 4. The lowest BCUT2D eigenvalue weighted by molar-refractivity contribution is 0.0480. The predicted molar refractivity (Wildman–Crippen MR) is 72.6 cm³/mol. The van der Waals surface area contributed by atoms with Crippen molar-refractivity contribution in [1.82, 2.24) is 10.2 Å². The van der Waals surface area contributed by atoms with Crippen LogP contribution in [-0.4, -0.2) is 62.6 Å². The molecule has 2 unspecified atom stereocenters. The van der Waals surface area contributed by atoms with Gasteiger partial charge in [-0.05, 0) is 52.2 Å². The SMILES string of the molecule is CNCC1(CN2CCC(C(C)O)CC2)CCOC1. The highest BCUT2D eigenvalue weighted by Crippen LogP contribution is 2.31. The molecule has 0 aromatic heterocycles. The molecular weight excluding hydrogens is 228 g/mol. The van der Waals surface area contributed by atoms with Gasteiger partial charge in [0.05, 0.1) is 12.7 Å². The molecule has 4 heteroatoms. The van der Waals surface area contributed by atoms with Gasteiger partial charge in [0, 0.05) is 25.1 Å². The number of likely N-dealkylation sites (tertiary alicyclic amines) is 1. The molecule has 0 spiro atoms. The van der Waals surface area contributed by atoms with Crippen LogP contribution in [-0.2, 0) is 4.74 Å². The van der Waals surface area contributed by atoms with Gasteiger partial charge in [0.1, 0.15) is 0 Å². The van der Waals surface area contributed by atoms with E-state index in [-0.39, 0.29) is 6.10 Å². The van der Waals surface area contributed by atoms with E-state index in [1.165, 1.54) is 6.42 Å². The summed E-state index contributed by atoms with van der Waals surface area (Å²) in [6.07, 6.45) is 3.29. The van der Waals surface area contributed by atoms with Crippen molar-refractivity contribution in [1.29, 1.82) is 0 Å². The average molecular weight is 256 g/mol. The summed E-state index contributed by atoms with van der Waals surface area (Å²) in [5.74, 6) is 0.501. The van der Waals surface area contributed by atoms with E-state index in [9.17, 15) is 5.11 Å². The smallest absolute Gasteiger partial charge is 0.0547 e. The Bertz CT molecular complexity index is 244. The van der Waals surface area contributed by atoms with Crippen LogP contribution in [0, 0.1) is 11.3 Å². The lowest BCUT2D eigenvalue weighted by Crippen LogP contribution is -2.47. The van der Waals surface area contributed by atoms with Gasteiger partial charge < -0.3 is 20.1 Å². The normalized spacial score (nSPS) is 32.8. The minimum Gasteiger partial charge on any atom is -0.393 e. The molecule has 0 radical (unpaired) electrons. The first-order chi connectivity index (χ1) is 8.65. The quantitative estimate of drug-likeness (QED) is 0.760. The van der Waals surface area contributed by atoms with Crippen LogP contribution in [0.15, 0.2) is 0 Å². The van der Waals surface area contributed by atoms with Crippen molar-refractivity contribution in [2.24, 2.45) is 11.3 Å². The fourth-order valence-corrected chi connectivity index (χ4v) is 3.41. The van der Waals surface area contributed by atoms with Gasteiger partial charge in [-0.1, -0.05) is 0 Å². The number of nitrogens with one attached hydrogen (secondary N) is 1. The molecule has 0 aromatic carbocycles. The Morgan fingerprint density at radius 3 is 2.67 bits per heavy atom. The van der Waals surface area contributed by atoms with Crippen LogP contribution >= 0.6 is 0 Å². The number of rotatable bonds is 5. The molecule has 2 heterocycles. The zero-order valence-corrected chi connectivity index (χ0v) is 11.8. The Kier molecular flexibility index (Phi) is 5.01. The highest BCUT2D eigenvalue weighted by Gasteiger charge is 2.37. The summed E-state index contributed by atoms with van der Waals surface area (Å²) in [4.78, 5) is 2.56. The molecule has 0 aliphatic carbocycles. The number of nitrogens with zero attached hydrogens (tertiary/aromatic N) is 1. The third-order valence-corrected chi connectivity index (χ3v) is 4.61. The summed E-state index contributed by atoms with van der Waals surface area (Å²) in [6.45, 7) is 8.16.